The Labute approximate surface area is 101 Å². The topological polar surface area (TPSA) is 92.5 Å². The zero-order chi connectivity index (χ0) is 7.15. The van der Waals surface area contributed by atoms with Gasteiger partial charge in [0.05, 0.1) is 0 Å². The summed E-state index contributed by atoms with van der Waals surface area (Å²) in [5.74, 6) is 0. The lowest BCUT2D eigenvalue weighted by molar-refractivity contribution is 0.559. The molecule has 0 amide bonds. The van der Waals surface area contributed by atoms with E-state index in [0.717, 1.165) is 0 Å². The van der Waals surface area contributed by atoms with Gasteiger partial charge in [-0.15, -0.1) is 0 Å². The third-order valence-electron chi connectivity index (χ3n) is 0. The molecule has 0 aromatic carbocycles. The Hall–Kier alpha value is -0.620. The van der Waals surface area contributed by atoms with E-state index in [4.69, 9.17) is 10.2 Å². The van der Waals surface area contributed by atoms with Crippen molar-refractivity contribution in [1.29, 1.82) is 0 Å². The molecule has 4 nitrogen and oxygen atoms in total. The minimum absolute atomic E-state index is 0. The molecule has 6 heteroatoms. The van der Waals surface area contributed by atoms with Crippen molar-refractivity contribution in [1.82, 2.24) is 0 Å². The molecule has 0 aliphatic rings. The number of nitrogens with two attached hydrogens (primary N) is 2. The van der Waals surface area contributed by atoms with Gasteiger partial charge >= 0.3 is 0 Å². The maximum absolute atomic E-state index is 7.56. The number of aliphatic hydroxyl groups is 2. The van der Waals surface area contributed by atoms with Crippen LogP contribution in [0.25, 0.3) is 0 Å². The van der Waals surface area contributed by atoms with Crippen molar-refractivity contribution >= 4 is 34.8 Å². The summed E-state index contributed by atoms with van der Waals surface area (Å²) >= 11 is 7.74. The molecule has 0 bridgehead atoms. The van der Waals surface area contributed by atoms with E-state index in [1.165, 1.54) is 0 Å². The van der Waals surface area contributed by atoms with Crippen LogP contribution in [0.1, 0.15) is 44.6 Å². The molecule has 0 radical (unpaired) electrons. The lowest BCUT2D eigenvalue weighted by atomic mass is 11.4. The van der Waals surface area contributed by atoms with Gasteiger partial charge in [-0.05, 0) is 24.4 Å². The largest absolute Gasteiger partial charge is 0.487 e. The highest BCUT2D eigenvalue weighted by molar-refractivity contribution is 7.80. The summed E-state index contributed by atoms with van der Waals surface area (Å²) in [4.78, 5) is 0. The highest BCUT2D eigenvalue weighted by Crippen LogP contribution is 1.40. The van der Waals surface area contributed by atoms with Crippen LogP contribution in [0.15, 0.2) is 0 Å². The second kappa shape index (κ2) is 55.4. The van der Waals surface area contributed by atoms with Crippen LogP contribution < -0.4 is 11.5 Å². The molecule has 0 aliphatic heterocycles. The van der Waals surface area contributed by atoms with E-state index in [1.54, 1.807) is 0 Å². The van der Waals surface area contributed by atoms with Gasteiger partial charge in [0.1, 0.15) is 0 Å². The van der Waals surface area contributed by atoms with Gasteiger partial charge in [0, 0.05) is 0 Å². The van der Waals surface area contributed by atoms with Crippen LogP contribution in [-0.4, -0.2) is 20.6 Å². The number of thiocarbonyl (C=S) groups is 2. The van der Waals surface area contributed by atoms with Crippen molar-refractivity contribution in [3.8, 4) is 0 Å². The Balaban J connectivity index is -0.00000000600. The average molecular weight is 250 g/mol. The molecule has 0 heterocycles. The van der Waals surface area contributed by atoms with Gasteiger partial charge in [0.25, 0.3) is 10.3 Å². The third-order valence-corrected chi connectivity index (χ3v) is 0. The number of hydrogen-bond acceptors (Lipinski definition) is 2. The van der Waals surface area contributed by atoms with Crippen molar-refractivity contribution in [2.24, 2.45) is 11.5 Å². The fourth-order valence-electron chi connectivity index (χ4n) is 0. The Morgan fingerprint density at radius 3 is 0.643 bits per heavy atom. The standard InChI is InChI=1S/2CH3NOS.6CH4/c2*2-1(3)4;;;;;;/h2*(H3,2,3,4);6*1H4. The van der Waals surface area contributed by atoms with E-state index in [2.05, 4.69) is 35.9 Å². The zero-order valence-corrected chi connectivity index (χ0v) is 5.50. The van der Waals surface area contributed by atoms with Gasteiger partial charge in [-0.2, -0.15) is 0 Å². The molecule has 0 atom stereocenters. The molecule has 6 N–H and O–H groups in total. The maximum Gasteiger partial charge on any atom is 0.251 e. The van der Waals surface area contributed by atoms with E-state index in [1.807, 2.05) is 0 Å². The van der Waals surface area contributed by atoms with Gasteiger partial charge < -0.3 is 21.7 Å². The minimum atomic E-state index is -0.500. The Morgan fingerprint density at radius 1 is 0.643 bits per heavy atom. The van der Waals surface area contributed by atoms with Crippen LogP contribution in [-0.2, 0) is 0 Å². The molecule has 0 aromatic heterocycles. The monoisotopic (exact) mass is 250 g/mol. The molecule has 0 aliphatic carbocycles. The fourth-order valence-corrected chi connectivity index (χ4v) is 0. The second-order valence-electron chi connectivity index (χ2n) is 0.676. The minimum Gasteiger partial charge on any atom is -0.487 e. The molecule has 0 saturated heterocycles. The lowest BCUT2D eigenvalue weighted by Crippen LogP contribution is -2.03. The predicted octanol–water partition coefficient (Wildman–Crippen LogP) is 3.39. The molecule has 14 heavy (non-hydrogen) atoms. The molecular formula is C8H30N2O2S2. The summed E-state index contributed by atoms with van der Waals surface area (Å²) in [5.41, 5.74) is 8.80. The second-order valence-corrected chi connectivity index (χ2v) is 1.51. The number of aliphatic hydroxyl groups excluding tert-OH is 2. The van der Waals surface area contributed by atoms with Crippen LogP contribution in [0.5, 0.6) is 0 Å². The summed E-state index contributed by atoms with van der Waals surface area (Å²) in [6.07, 6.45) is 0. The van der Waals surface area contributed by atoms with Crippen molar-refractivity contribution in [3.63, 3.8) is 0 Å². The van der Waals surface area contributed by atoms with Gasteiger partial charge in [-0.25, -0.2) is 0 Å². The zero-order valence-electron chi connectivity index (χ0n) is 3.87. The van der Waals surface area contributed by atoms with E-state index in [9.17, 15) is 0 Å². The van der Waals surface area contributed by atoms with Crippen LogP contribution in [0.3, 0.4) is 0 Å². The normalized spacial score (nSPS) is 3.43. The van der Waals surface area contributed by atoms with E-state index >= 15 is 0 Å². The third kappa shape index (κ3) is 3190. The Kier molecular flexibility index (Phi) is 280. The Bertz CT molecular complexity index is 81.3. The van der Waals surface area contributed by atoms with Gasteiger partial charge in [0.15, 0.2) is 0 Å². The first-order chi connectivity index (χ1) is 3.46. The van der Waals surface area contributed by atoms with Gasteiger partial charge in [-0.3, -0.25) is 0 Å². The molecular weight excluding hydrogens is 220 g/mol. The first-order valence-electron chi connectivity index (χ1n) is 1.43. The summed E-state index contributed by atoms with van der Waals surface area (Å²) in [5, 5.41) is 14.1. The average Bonchev–Trinajstić information content (AvgIpc) is 1.25. The van der Waals surface area contributed by atoms with E-state index in [-0.39, 0.29) is 44.6 Å². The maximum atomic E-state index is 7.56. The molecule has 0 fully saturated rings. The fraction of sp³-hybridized carbons (Fsp3) is 0.750. The van der Waals surface area contributed by atoms with Crippen molar-refractivity contribution in [3.05, 3.63) is 0 Å². The molecule has 0 spiro atoms. The van der Waals surface area contributed by atoms with Crippen LogP contribution in [0.4, 0.5) is 0 Å². The van der Waals surface area contributed by atoms with E-state index < -0.39 is 10.3 Å². The quantitative estimate of drug-likeness (QED) is 0.492. The summed E-state index contributed by atoms with van der Waals surface area (Å²) in [6, 6.07) is 0. The summed E-state index contributed by atoms with van der Waals surface area (Å²) in [6.45, 7) is 0. The highest BCUT2D eigenvalue weighted by atomic mass is 32.1. The number of hydrogen-bond donors (Lipinski definition) is 4. The van der Waals surface area contributed by atoms with Crippen LogP contribution in [0.2, 0.25) is 0 Å². The molecule has 96 valence electrons. The lowest BCUT2D eigenvalue weighted by Gasteiger charge is -1.67. The van der Waals surface area contributed by atoms with E-state index in [0.29, 0.717) is 0 Å². The first-order valence-corrected chi connectivity index (χ1v) is 2.25. The number of rotatable bonds is 0. The van der Waals surface area contributed by atoms with Gasteiger partial charge in [-0.1, -0.05) is 44.6 Å². The molecule has 0 rings (SSSR count). The Morgan fingerprint density at radius 2 is 0.643 bits per heavy atom. The summed E-state index contributed by atoms with van der Waals surface area (Å²) < 4.78 is 0. The van der Waals surface area contributed by atoms with Crippen molar-refractivity contribution in [2.75, 3.05) is 0 Å². The molecule has 0 unspecified atom stereocenters. The molecule has 0 aromatic rings. The summed E-state index contributed by atoms with van der Waals surface area (Å²) in [7, 11) is 0. The SMILES string of the molecule is C.C.C.C.C.C.NC(O)=S.NC(O)=S. The van der Waals surface area contributed by atoms with Crippen LogP contribution >= 0.6 is 24.4 Å². The van der Waals surface area contributed by atoms with Crippen molar-refractivity contribution < 1.29 is 10.2 Å². The molecule has 0 saturated carbocycles. The van der Waals surface area contributed by atoms with Crippen LogP contribution in [0, 0.1) is 0 Å². The smallest absolute Gasteiger partial charge is 0.251 e. The van der Waals surface area contributed by atoms with Gasteiger partial charge in [0.2, 0.25) is 0 Å². The van der Waals surface area contributed by atoms with Crippen molar-refractivity contribution in [2.45, 2.75) is 44.6 Å². The first kappa shape index (κ1) is 70.8. The predicted molar refractivity (Wildman–Crippen MR) is 79.2 cm³/mol. The highest BCUT2D eigenvalue weighted by Gasteiger charge is 1.57.